The number of benzene rings is 1. The average molecular weight is 305 g/mol. The van der Waals surface area contributed by atoms with Crippen molar-refractivity contribution < 1.29 is 4.74 Å². The van der Waals surface area contributed by atoms with E-state index in [2.05, 4.69) is 34.8 Å². The molecule has 2 heterocycles. The normalized spacial score (nSPS) is 20.4. The maximum Gasteiger partial charge on any atom is 0.166 e. The molecule has 0 bridgehead atoms. The van der Waals surface area contributed by atoms with Gasteiger partial charge in [0.05, 0.1) is 23.7 Å². The zero-order valence-electron chi connectivity index (χ0n) is 12.7. The van der Waals surface area contributed by atoms with E-state index in [9.17, 15) is 0 Å². The van der Waals surface area contributed by atoms with E-state index in [1.807, 2.05) is 18.2 Å². The summed E-state index contributed by atoms with van der Waals surface area (Å²) >= 11 is 1.76. The topological polar surface area (TPSA) is 41.1 Å². The van der Waals surface area contributed by atoms with Gasteiger partial charge in [0.1, 0.15) is 0 Å². The van der Waals surface area contributed by atoms with Gasteiger partial charge in [0.15, 0.2) is 5.16 Å². The molecule has 0 radical (unpaired) electrons. The fourth-order valence-corrected chi connectivity index (χ4v) is 3.62. The molecule has 0 amide bonds. The van der Waals surface area contributed by atoms with Crippen LogP contribution in [-0.2, 0) is 4.74 Å². The Labute approximate surface area is 130 Å². The molecule has 1 aliphatic rings. The molecular formula is C16H23N3OS. The number of ether oxygens (including phenoxy) is 1. The van der Waals surface area contributed by atoms with Crippen LogP contribution in [0.15, 0.2) is 29.4 Å². The van der Waals surface area contributed by atoms with Gasteiger partial charge < -0.3 is 9.72 Å². The SMILES string of the molecule is CC(C)CN1CCO[C@@H](CSc2nc3ccccc3[nH]2)C1. The quantitative estimate of drug-likeness (QED) is 0.862. The molecule has 5 heteroatoms. The highest BCUT2D eigenvalue weighted by Crippen LogP contribution is 2.21. The summed E-state index contributed by atoms with van der Waals surface area (Å²) < 4.78 is 5.88. The molecule has 1 aromatic heterocycles. The highest BCUT2D eigenvalue weighted by atomic mass is 32.2. The third kappa shape index (κ3) is 3.99. The molecule has 1 aromatic carbocycles. The van der Waals surface area contributed by atoms with Crippen molar-refractivity contribution >= 4 is 22.8 Å². The minimum atomic E-state index is 0.302. The summed E-state index contributed by atoms with van der Waals surface area (Å²) in [6.45, 7) is 8.64. The molecular weight excluding hydrogens is 282 g/mol. The number of aromatic nitrogens is 2. The van der Waals surface area contributed by atoms with Crippen LogP contribution in [0.25, 0.3) is 11.0 Å². The van der Waals surface area contributed by atoms with Gasteiger partial charge in [-0.05, 0) is 18.1 Å². The molecule has 0 unspecified atom stereocenters. The second-order valence-electron chi connectivity index (χ2n) is 6.02. The smallest absolute Gasteiger partial charge is 0.166 e. The monoisotopic (exact) mass is 305 g/mol. The zero-order valence-corrected chi connectivity index (χ0v) is 13.5. The highest BCUT2D eigenvalue weighted by Gasteiger charge is 2.21. The van der Waals surface area contributed by atoms with Gasteiger partial charge in [-0.1, -0.05) is 37.7 Å². The summed E-state index contributed by atoms with van der Waals surface area (Å²) in [6, 6.07) is 8.15. The van der Waals surface area contributed by atoms with Crippen LogP contribution in [0, 0.1) is 5.92 Å². The van der Waals surface area contributed by atoms with E-state index < -0.39 is 0 Å². The van der Waals surface area contributed by atoms with Crippen molar-refractivity contribution in [2.45, 2.75) is 25.1 Å². The van der Waals surface area contributed by atoms with Crippen molar-refractivity contribution in [3.05, 3.63) is 24.3 Å². The van der Waals surface area contributed by atoms with Crippen molar-refractivity contribution in [3.63, 3.8) is 0 Å². The fourth-order valence-electron chi connectivity index (χ4n) is 2.73. The molecule has 2 aromatic rings. The number of rotatable bonds is 5. The van der Waals surface area contributed by atoms with E-state index in [0.717, 1.165) is 48.2 Å². The zero-order chi connectivity index (χ0) is 14.7. The number of morpholine rings is 1. The number of fused-ring (bicyclic) bond motifs is 1. The Morgan fingerprint density at radius 2 is 2.29 bits per heavy atom. The molecule has 114 valence electrons. The van der Waals surface area contributed by atoms with Crippen LogP contribution in [0.1, 0.15) is 13.8 Å². The molecule has 0 saturated carbocycles. The first-order valence-electron chi connectivity index (χ1n) is 7.62. The van der Waals surface area contributed by atoms with E-state index in [4.69, 9.17) is 4.74 Å². The summed E-state index contributed by atoms with van der Waals surface area (Å²) in [7, 11) is 0. The van der Waals surface area contributed by atoms with E-state index >= 15 is 0 Å². The lowest BCUT2D eigenvalue weighted by Crippen LogP contribution is -2.44. The van der Waals surface area contributed by atoms with E-state index in [-0.39, 0.29) is 0 Å². The van der Waals surface area contributed by atoms with E-state index in [0.29, 0.717) is 12.0 Å². The molecule has 1 saturated heterocycles. The van der Waals surface area contributed by atoms with E-state index in [1.165, 1.54) is 0 Å². The number of aromatic amines is 1. The minimum Gasteiger partial charge on any atom is -0.375 e. The third-order valence-corrected chi connectivity index (χ3v) is 4.63. The molecule has 1 atom stereocenters. The Kier molecular flexibility index (Phi) is 4.83. The van der Waals surface area contributed by atoms with E-state index in [1.54, 1.807) is 11.8 Å². The second kappa shape index (κ2) is 6.81. The number of nitrogens with zero attached hydrogens (tertiary/aromatic N) is 2. The third-order valence-electron chi connectivity index (χ3n) is 3.62. The van der Waals surface area contributed by atoms with Gasteiger partial charge in [-0.2, -0.15) is 0 Å². The molecule has 1 N–H and O–H groups in total. The Morgan fingerprint density at radius 1 is 1.43 bits per heavy atom. The summed E-state index contributed by atoms with van der Waals surface area (Å²) in [6.07, 6.45) is 0.302. The summed E-state index contributed by atoms with van der Waals surface area (Å²) in [5, 5.41) is 0.987. The number of H-pyrrole nitrogens is 1. The second-order valence-corrected chi connectivity index (χ2v) is 7.03. The Morgan fingerprint density at radius 3 is 3.10 bits per heavy atom. The molecule has 0 aliphatic carbocycles. The van der Waals surface area contributed by atoms with Crippen LogP contribution in [0.3, 0.4) is 0 Å². The van der Waals surface area contributed by atoms with Crippen molar-refractivity contribution in [2.24, 2.45) is 5.92 Å². The number of imidazole rings is 1. The van der Waals surface area contributed by atoms with Gasteiger partial charge >= 0.3 is 0 Å². The molecule has 21 heavy (non-hydrogen) atoms. The summed E-state index contributed by atoms with van der Waals surface area (Å²) in [5.74, 6) is 1.67. The predicted molar refractivity (Wildman–Crippen MR) is 87.8 cm³/mol. The largest absolute Gasteiger partial charge is 0.375 e. The van der Waals surface area contributed by atoms with Gasteiger partial charge in [0.2, 0.25) is 0 Å². The fraction of sp³-hybridized carbons (Fsp3) is 0.562. The number of thioether (sulfide) groups is 1. The first kappa shape index (κ1) is 14.9. The molecule has 1 aliphatic heterocycles. The maximum absolute atomic E-state index is 5.88. The predicted octanol–water partition coefficient (Wildman–Crippen LogP) is 3.01. The van der Waals surface area contributed by atoms with Crippen molar-refractivity contribution in [1.82, 2.24) is 14.9 Å². The van der Waals surface area contributed by atoms with Crippen LogP contribution < -0.4 is 0 Å². The summed E-state index contributed by atoms with van der Waals surface area (Å²) in [4.78, 5) is 10.5. The lowest BCUT2D eigenvalue weighted by Gasteiger charge is -2.33. The number of hydrogen-bond donors (Lipinski definition) is 1. The first-order chi connectivity index (χ1) is 10.2. The Balaban J connectivity index is 1.54. The highest BCUT2D eigenvalue weighted by molar-refractivity contribution is 7.99. The van der Waals surface area contributed by atoms with Gasteiger partial charge in [-0.15, -0.1) is 0 Å². The van der Waals surface area contributed by atoms with Crippen molar-refractivity contribution in [2.75, 3.05) is 32.0 Å². The van der Waals surface area contributed by atoms with Crippen molar-refractivity contribution in [1.29, 1.82) is 0 Å². The van der Waals surface area contributed by atoms with Crippen LogP contribution in [0.2, 0.25) is 0 Å². The average Bonchev–Trinajstić information content (AvgIpc) is 2.87. The molecule has 0 spiro atoms. The number of nitrogens with one attached hydrogen (secondary N) is 1. The van der Waals surface area contributed by atoms with Crippen LogP contribution in [-0.4, -0.2) is 53.0 Å². The maximum atomic E-state index is 5.88. The standard InChI is InChI=1S/C16H23N3OS/c1-12(2)9-19-7-8-20-13(10-19)11-21-16-17-14-5-3-4-6-15(14)18-16/h3-6,12-13H,7-11H2,1-2H3,(H,17,18)/t13-/m1/s1. The van der Waals surface area contributed by atoms with Crippen LogP contribution >= 0.6 is 11.8 Å². The lowest BCUT2D eigenvalue weighted by molar-refractivity contribution is -0.0191. The molecule has 1 fully saturated rings. The van der Waals surface area contributed by atoms with Gasteiger partial charge in [-0.3, -0.25) is 4.90 Å². The number of hydrogen-bond acceptors (Lipinski definition) is 4. The van der Waals surface area contributed by atoms with Crippen LogP contribution in [0.5, 0.6) is 0 Å². The van der Waals surface area contributed by atoms with Crippen LogP contribution in [0.4, 0.5) is 0 Å². The summed E-state index contributed by atoms with van der Waals surface area (Å²) in [5.41, 5.74) is 2.14. The minimum absolute atomic E-state index is 0.302. The van der Waals surface area contributed by atoms with Crippen molar-refractivity contribution in [3.8, 4) is 0 Å². The Bertz CT molecular complexity index is 551. The molecule has 4 nitrogen and oxygen atoms in total. The lowest BCUT2D eigenvalue weighted by atomic mass is 10.2. The van der Waals surface area contributed by atoms with Gasteiger partial charge in [-0.25, -0.2) is 4.98 Å². The number of para-hydroxylation sites is 2. The molecule has 3 rings (SSSR count). The van der Waals surface area contributed by atoms with Gasteiger partial charge in [0.25, 0.3) is 0 Å². The first-order valence-corrected chi connectivity index (χ1v) is 8.61. The van der Waals surface area contributed by atoms with Gasteiger partial charge in [0, 0.05) is 25.4 Å². The Hall–Kier alpha value is -1.04.